The smallest absolute Gasteiger partial charge is 0.223 e. The van der Waals surface area contributed by atoms with Crippen LogP contribution < -0.4 is 11.1 Å². The summed E-state index contributed by atoms with van der Waals surface area (Å²) in [5, 5.41) is 10.9. The molecule has 0 radical (unpaired) electrons. The molecule has 0 aromatic carbocycles. The summed E-state index contributed by atoms with van der Waals surface area (Å²) in [4.78, 5) is 4.05. The van der Waals surface area contributed by atoms with E-state index in [1.54, 1.807) is 24.9 Å². The van der Waals surface area contributed by atoms with E-state index in [0.29, 0.717) is 29.8 Å². The molecule has 80 valence electrons. The summed E-state index contributed by atoms with van der Waals surface area (Å²) < 4.78 is 6.47. The second-order valence-corrected chi connectivity index (χ2v) is 3.19. The van der Waals surface area contributed by atoms with E-state index in [4.69, 9.17) is 10.3 Å². The van der Waals surface area contributed by atoms with Crippen LogP contribution in [0.25, 0.3) is 0 Å². The zero-order chi connectivity index (χ0) is 10.8. The van der Waals surface area contributed by atoms with Crippen LogP contribution in [0.15, 0.2) is 10.7 Å². The first kappa shape index (κ1) is 9.50. The molecular formula is C8H12N6O. The first-order valence-electron chi connectivity index (χ1n) is 4.47. The molecule has 2 aromatic rings. The van der Waals surface area contributed by atoms with E-state index in [0.717, 1.165) is 0 Å². The van der Waals surface area contributed by atoms with Gasteiger partial charge in [0.15, 0.2) is 11.6 Å². The average molecular weight is 208 g/mol. The number of nitrogens with one attached hydrogen (secondary N) is 1. The molecule has 0 saturated heterocycles. The number of rotatable bonds is 3. The fraction of sp³-hybridized carbons (Fsp3) is 0.375. The Morgan fingerprint density at radius 2 is 2.40 bits per heavy atom. The number of nitrogens with zero attached hydrogens (tertiary/aromatic N) is 4. The number of nitrogens with two attached hydrogens (primary N) is 1. The van der Waals surface area contributed by atoms with Crippen molar-refractivity contribution < 1.29 is 4.52 Å². The Hall–Kier alpha value is -2.05. The number of anilines is 2. The van der Waals surface area contributed by atoms with Gasteiger partial charge >= 0.3 is 0 Å². The third kappa shape index (κ3) is 2.06. The summed E-state index contributed by atoms with van der Waals surface area (Å²) in [6.45, 7) is 2.18. The number of hydrogen-bond donors (Lipinski definition) is 2. The standard InChI is InChI=1S/C8H12N6O/c1-5-11-7(13-15-5)3-10-8-6(9)4-14(2)12-8/h4H,3,9H2,1-2H3,(H,10,12). The Bertz CT molecular complexity index is 459. The molecule has 15 heavy (non-hydrogen) atoms. The normalized spacial score (nSPS) is 10.5. The molecule has 0 atom stereocenters. The van der Waals surface area contributed by atoms with Gasteiger partial charge in [-0.05, 0) is 0 Å². The summed E-state index contributed by atoms with van der Waals surface area (Å²) in [6, 6.07) is 0. The predicted molar refractivity (Wildman–Crippen MR) is 54.0 cm³/mol. The van der Waals surface area contributed by atoms with E-state index in [1.807, 2.05) is 0 Å². The first-order valence-corrected chi connectivity index (χ1v) is 4.47. The van der Waals surface area contributed by atoms with Crippen molar-refractivity contribution in [2.24, 2.45) is 7.05 Å². The van der Waals surface area contributed by atoms with Crippen LogP contribution in [-0.4, -0.2) is 19.9 Å². The molecule has 0 amide bonds. The van der Waals surface area contributed by atoms with Crippen LogP contribution in [0.2, 0.25) is 0 Å². The largest absolute Gasteiger partial charge is 0.394 e. The van der Waals surface area contributed by atoms with Crippen LogP contribution in [0.3, 0.4) is 0 Å². The van der Waals surface area contributed by atoms with Gasteiger partial charge in [0.2, 0.25) is 5.89 Å². The van der Waals surface area contributed by atoms with Crippen LogP contribution in [0.4, 0.5) is 11.5 Å². The van der Waals surface area contributed by atoms with Crippen LogP contribution in [0.5, 0.6) is 0 Å². The van der Waals surface area contributed by atoms with Crippen molar-refractivity contribution in [3.63, 3.8) is 0 Å². The fourth-order valence-corrected chi connectivity index (χ4v) is 1.22. The van der Waals surface area contributed by atoms with Gasteiger partial charge in [-0.15, -0.1) is 0 Å². The SMILES string of the molecule is Cc1nc(CNc2nn(C)cc2N)no1. The lowest BCUT2D eigenvalue weighted by Crippen LogP contribution is -2.04. The van der Waals surface area contributed by atoms with Crippen molar-refractivity contribution in [3.05, 3.63) is 17.9 Å². The Balaban J connectivity index is 2.01. The van der Waals surface area contributed by atoms with Crippen molar-refractivity contribution >= 4 is 11.5 Å². The maximum atomic E-state index is 5.70. The van der Waals surface area contributed by atoms with Gasteiger partial charge < -0.3 is 15.6 Å². The summed E-state index contributed by atoms with van der Waals surface area (Å²) in [6.07, 6.45) is 1.73. The Labute approximate surface area is 86.3 Å². The molecule has 0 aliphatic carbocycles. The van der Waals surface area contributed by atoms with Crippen LogP contribution in [-0.2, 0) is 13.6 Å². The van der Waals surface area contributed by atoms with Crippen LogP contribution >= 0.6 is 0 Å². The van der Waals surface area contributed by atoms with Crippen LogP contribution in [0.1, 0.15) is 11.7 Å². The molecule has 0 aliphatic rings. The van der Waals surface area contributed by atoms with E-state index >= 15 is 0 Å². The summed E-state index contributed by atoms with van der Waals surface area (Å²) in [7, 11) is 1.81. The van der Waals surface area contributed by atoms with Crippen molar-refractivity contribution in [1.29, 1.82) is 0 Å². The number of nitrogen functional groups attached to an aromatic ring is 1. The van der Waals surface area contributed by atoms with Gasteiger partial charge in [-0.25, -0.2) is 0 Å². The summed E-state index contributed by atoms with van der Waals surface area (Å²) in [5.74, 6) is 1.75. The average Bonchev–Trinajstić information content (AvgIpc) is 2.70. The van der Waals surface area contributed by atoms with Crippen molar-refractivity contribution in [1.82, 2.24) is 19.9 Å². The lowest BCUT2D eigenvalue weighted by Gasteiger charge is -1.98. The minimum absolute atomic E-state index is 0.443. The minimum atomic E-state index is 0.443. The molecule has 2 heterocycles. The molecule has 0 bridgehead atoms. The molecule has 0 fully saturated rings. The van der Waals surface area contributed by atoms with Crippen molar-refractivity contribution in [2.75, 3.05) is 11.1 Å². The molecular weight excluding hydrogens is 196 g/mol. The predicted octanol–water partition coefficient (Wildman–Crippen LogP) is 0.306. The summed E-state index contributed by atoms with van der Waals surface area (Å²) >= 11 is 0. The van der Waals surface area contributed by atoms with Gasteiger partial charge in [-0.2, -0.15) is 10.1 Å². The Morgan fingerprint density at radius 1 is 1.60 bits per heavy atom. The molecule has 2 rings (SSSR count). The topological polar surface area (TPSA) is 94.8 Å². The maximum absolute atomic E-state index is 5.70. The van der Waals surface area contributed by atoms with E-state index in [9.17, 15) is 0 Å². The molecule has 7 heteroatoms. The van der Waals surface area contributed by atoms with Gasteiger partial charge in [-0.1, -0.05) is 5.16 Å². The lowest BCUT2D eigenvalue weighted by molar-refractivity contribution is 0.388. The van der Waals surface area contributed by atoms with E-state index in [-0.39, 0.29) is 0 Å². The maximum Gasteiger partial charge on any atom is 0.223 e. The molecule has 2 aromatic heterocycles. The summed E-state index contributed by atoms with van der Waals surface area (Å²) in [5.41, 5.74) is 6.30. The highest BCUT2D eigenvalue weighted by Crippen LogP contribution is 2.14. The van der Waals surface area contributed by atoms with E-state index in [2.05, 4.69) is 20.6 Å². The molecule has 0 unspecified atom stereocenters. The minimum Gasteiger partial charge on any atom is -0.394 e. The Morgan fingerprint density at radius 3 is 2.93 bits per heavy atom. The number of aromatic nitrogens is 4. The first-order chi connectivity index (χ1) is 7.15. The highest BCUT2D eigenvalue weighted by Gasteiger charge is 2.06. The number of aryl methyl sites for hydroxylation is 2. The Kier molecular flexibility index (Phi) is 2.28. The number of hydrogen-bond acceptors (Lipinski definition) is 6. The highest BCUT2D eigenvalue weighted by molar-refractivity contribution is 5.59. The van der Waals surface area contributed by atoms with Gasteiger partial charge in [-0.3, -0.25) is 4.68 Å². The van der Waals surface area contributed by atoms with Crippen LogP contribution in [0, 0.1) is 6.92 Å². The van der Waals surface area contributed by atoms with E-state index in [1.165, 1.54) is 0 Å². The molecule has 0 saturated carbocycles. The van der Waals surface area contributed by atoms with Crippen molar-refractivity contribution in [2.45, 2.75) is 13.5 Å². The third-order valence-corrected chi connectivity index (χ3v) is 1.84. The van der Waals surface area contributed by atoms with E-state index < -0.39 is 0 Å². The molecule has 0 aliphatic heterocycles. The second kappa shape index (κ2) is 3.60. The molecule has 0 spiro atoms. The quantitative estimate of drug-likeness (QED) is 0.753. The monoisotopic (exact) mass is 208 g/mol. The lowest BCUT2D eigenvalue weighted by atomic mass is 10.5. The van der Waals surface area contributed by atoms with Gasteiger partial charge in [0.05, 0.1) is 12.2 Å². The fourth-order valence-electron chi connectivity index (χ4n) is 1.22. The second-order valence-electron chi connectivity index (χ2n) is 3.19. The van der Waals surface area contributed by atoms with Crippen molar-refractivity contribution in [3.8, 4) is 0 Å². The van der Waals surface area contributed by atoms with Gasteiger partial charge in [0.1, 0.15) is 0 Å². The third-order valence-electron chi connectivity index (χ3n) is 1.84. The van der Waals surface area contributed by atoms with Gasteiger partial charge in [0, 0.05) is 20.2 Å². The zero-order valence-electron chi connectivity index (χ0n) is 8.56. The molecule has 7 nitrogen and oxygen atoms in total. The highest BCUT2D eigenvalue weighted by atomic mass is 16.5. The van der Waals surface area contributed by atoms with Gasteiger partial charge in [0.25, 0.3) is 0 Å². The molecule has 3 N–H and O–H groups in total. The zero-order valence-corrected chi connectivity index (χ0v) is 8.56.